The molecular formula is C16H25N3O2S. The molecule has 0 spiro atoms. The second-order valence-electron chi connectivity index (χ2n) is 5.71. The van der Waals surface area contributed by atoms with Crippen molar-refractivity contribution >= 4 is 23.0 Å². The van der Waals surface area contributed by atoms with Crippen LogP contribution in [0, 0.1) is 5.92 Å². The van der Waals surface area contributed by atoms with E-state index in [0.29, 0.717) is 11.0 Å². The van der Waals surface area contributed by atoms with Gasteiger partial charge in [0.2, 0.25) is 0 Å². The van der Waals surface area contributed by atoms with E-state index in [1.165, 1.54) is 19.4 Å². The minimum atomic E-state index is 0.628. The number of anilines is 1. The SMILES string of the molecule is COc1cc(NC(=S)NC[C@H]2CCCN(C)C2)cc(OC)c1. The van der Waals surface area contributed by atoms with Crippen LogP contribution in [0.2, 0.25) is 0 Å². The van der Waals surface area contributed by atoms with Crippen molar-refractivity contribution in [3.8, 4) is 11.5 Å². The van der Waals surface area contributed by atoms with E-state index in [0.717, 1.165) is 30.3 Å². The molecule has 0 bridgehead atoms. The zero-order valence-corrected chi connectivity index (χ0v) is 14.3. The van der Waals surface area contributed by atoms with Crippen LogP contribution in [0.4, 0.5) is 5.69 Å². The van der Waals surface area contributed by atoms with Crippen molar-refractivity contribution in [1.29, 1.82) is 0 Å². The molecule has 0 saturated carbocycles. The van der Waals surface area contributed by atoms with Gasteiger partial charge < -0.3 is 25.0 Å². The van der Waals surface area contributed by atoms with Crippen molar-refractivity contribution in [2.75, 3.05) is 46.2 Å². The highest BCUT2D eigenvalue weighted by atomic mass is 32.1. The molecule has 0 aromatic heterocycles. The van der Waals surface area contributed by atoms with E-state index in [2.05, 4.69) is 22.6 Å². The fourth-order valence-electron chi connectivity index (χ4n) is 2.73. The third kappa shape index (κ3) is 5.03. The predicted molar refractivity (Wildman–Crippen MR) is 94.0 cm³/mol. The maximum atomic E-state index is 5.38. The first-order valence-corrected chi connectivity index (χ1v) is 7.98. The molecular weight excluding hydrogens is 298 g/mol. The molecule has 0 aliphatic carbocycles. The minimum absolute atomic E-state index is 0.628. The molecule has 0 radical (unpaired) electrons. The Labute approximate surface area is 138 Å². The first kappa shape index (κ1) is 16.8. The quantitative estimate of drug-likeness (QED) is 0.811. The molecule has 122 valence electrons. The van der Waals surface area contributed by atoms with Crippen LogP contribution in [0.5, 0.6) is 11.5 Å². The molecule has 2 N–H and O–H groups in total. The number of nitrogens with zero attached hydrogens (tertiary/aromatic N) is 1. The molecule has 1 aromatic rings. The fourth-order valence-corrected chi connectivity index (χ4v) is 2.93. The molecule has 1 heterocycles. The number of likely N-dealkylation sites (tertiary alicyclic amines) is 1. The maximum absolute atomic E-state index is 5.38. The fraction of sp³-hybridized carbons (Fsp3) is 0.562. The van der Waals surface area contributed by atoms with E-state index in [4.69, 9.17) is 21.7 Å². The molecule has 1 aromatic carbocycles. The second-order valence-corrected chi connectivity index (χ2v) is 6.12. The van der Waals surface area contributed by atoms with Crippen LogP contribution in [0.25, 0.3) is 0 Å². The summed E-state index contributed by atoms with van der Waals surface area (Å²) in [5, 5.41) is 7.13. The lowest BCUT2D eigenvalue weighted by Gasteiger charge is -2.30. The van der Waals surface area contributed by atoms with Crippen LogP contribution >= 0.6 is 12.2 Å². The number of thiocarbonyl (C=S) groups is 1. The van der Waals surface area contributed by atoms with Crippen LogP contribution in [-0.2, 0) is 0 Å². The topological polar surface area (TPSA) is 45.8 Å². The van der Waals surface area contributed by atoms with Gasteiger partial charge in [0.15, 0.2) is 5.11 Å². The Morgan fingerprint density at radius 1 is 1.27 bits per heavy atom. The lowest BCUT2D eigenvalue weighted by molar-refractivity contribution is 0.211. The molecule has 1 fully saturated rings. The molecule has 2 rings (SSSR count). The van der Waals surface area contributed by atoms with Gasteiger partial charge in [0.25, 0.3) is 0 Å². The normalized spacial score (nSPS) is 18.6. The van der Waals surface area contributed by atoms with Gasteiger partial charge in [0, 0.05) is 37.0 Å². The zero-order valence-electron chi connectivity index (χ0n) is 13.5. The number of nitrogens with one attached hydrogen (secondary N) is 2. The molecule has 6 heteroatoms. The summed E-state index contributed by atoms with van der Waals surface area (Å²) in [4.78, 5) is 2.37. The molecule has 0 unspecified atom stereocenters. The molecule has 5 nitrogen and oxygen atoms in total. The van der Waals surface area contributed by atoms with Crippen molar-refractivity contribution in [3.05, 3.63) is 18.2 Å². The van der Waals surface area contributed by atoms with Gasteiger partial charge >= 0.3 is 0 Å². The third-order valence-electron chi connectivity index (χ3n) is 3.88. The van der Waals surface area contributed by atoms with E-state index >= 15 is 0 Å². The second kappa shape index (κ2) is 8.19. The summed E-state index contributed by atoms with van der Waals surface area (Å²) in [7, 11) is 5.44. The highest BCUT2D eigenvalue weighted by Gasteiger charge is 2.17. The zero-order chi connectivity index (χ0) is 15.9. The van der Waals surface area contributed by atoms with Crippen molar-refractivity contribution in [1.82, 2.24) is 10.2 Å². The van der Waals surface area contributed by atoms with Gasteiger partial charge in [-0.25, -0.2) is 0 Å². The summed E-state index contributed by atoms with van der Waals surface area (Å²) >= 11 is 5.38. The van der Waals surface area contributed by atoms with Crippen LogP contribution < -0.4 is 20.1 Å². The Kier molecular flexibility index (Phi) is 6.27. The van der Waals surface area contributed by atoms with Crippen molar-refractivity contribution in [3.63, 3.8) is 0 Å². The summed E-state index contributed by atoms with van der Waals surface area (Å²) in [6, 6.07) is 5.62. The maximum Gasteiger partial charge on any atom is 0.170 e. The highest BCUT2D eigenvalue weighted by molar-refractivity contribution is 7.80. The Morgan fingerprint density at radius 3 is 2.55 bits per heavy atom. The smallest absolute Gasteiger partial charge is 0.170 e. The number of piperidine rings is 1. The molecule has 1 saturated heterocycles. The Bertz CT molecular complexity index is 488. The van der Waals surface area contributed by atoms with Gasteiger partial charge in [-0.2, -0.15) is 0 Å². The van der Waals surface area contributed by atoms with Gasteiger partial charge in [-0.15, -0.1) is 0 Å². The largest absolute Gasteiger partial charge is 0.497 e. The summed E-state index contributed by atoms with van der Waals surface area (Å²) in [5.74, 6) is 2.12. The molecule has 1 aliphatic rings. The Balaban J connectivity index is 1.86. The minimum Gasteiger partial charge on any atom is -0.497 e. The number of rotatable bonds is 5. The summed E-state index contributed by atoms with van der Waals surface area (Å²) in [6.45, 7) is 3.22. The van der Waals surface area contributed by atoms with E-state index in [-0.39, 0.29) is 0 Å². The summed E-state index contributed by atoms with van der Waals surface area (Å²) in [5.41, 5.74) is 0.856. The number of ether oxygens (including phenoxy) is 2. The standard InChI is InChI=1S/C16H25N3O2S/c1-19-6-4-5-12(11-19)10-17-16(22)18-13-7-14(20-2)9-15(8-13)21-3/h7-9,12H,4-6,10-11H2,1-3H3,(H2,17,18,22)/t12-/m1/s1. The van der Waals surface area contributed by atoms with Gasteiger partial charge in [-0.1, -0.05) is 0 Å². The number of benzene rings is 1. The Morgan fingerprint density at radius 2 is 1.95 bits per heavy atom. The van der Waals surface area contributed by atoms with Crippen molar-refractivity contribution < 1.29 is 9.47 Å². The first-order chi connectivity index (χ1) is 10.6. The monoisotopic (exact) mass is 323 g/mol. The van der Waals surface area contributed by atoms with E-state index in [1.807, 2.05) is 18.2 Å². The third-order valence-corrected chi connectivity index (χ3v) is 4.13. The van der Waals surface area contributed by atoms with Gasteiger partial charge in [0.05, 0.1) is 14.2 Å². The molecule has 1 atom stereocenters. The van der Waals surface area contributed by atoms with Gasteiger partial charge in [-0.3, -0.25) is 0 Å². The van der Waals surface area contributed by atoms with Crippen LogP contribution in [0.15, 0.2) is 18.2 Å². The lowest BCUT2D eigenvalue weighted by atomic mass is 9.99. The molecule has 1 aliphatic heterocycles. The van der Waals surface area contributed by atoms with Crippen LogP contribution in [-0.4, -0.2) is 50.9 Å². The predicted octanol–water partition coefficient (Wildman–Crippen LogP) is 2.33. The van der Waals surface area contributed by atoms with Crippen LogP contribution in [0.3, 0.4) is 0 Å². The van der Waals surface area contributed by atoms with Crippen molar-refractivity contribution in [2.45, 2.75) is 12.8 Å². The first-order valence-electron chi connectivity index (χ1n) is 7.57. The number of hydrogen-bond acceptors (Lipinski definition) is 4. The molecule has 0 amide bonds. The van der Waals surface area contributed by atoms with Crippen LogP contribution in [0.1, 0.15) is 12.8 Å². The van der Waals surface area contributed by atoms with Gasteiger partial charge in [-0.05, 0) is 44.6 Å². The van der Waals surface area contributed by atoms with E-state index in [9.17, 15) is 0 Å². The van der Waals surface area contributed by atoms with E-state index < -0.39 is 0 Å². The number of methoxy groups -OCH3 is 2. The lowest BCUT2D eigenvalue weighted by Crippen LogP contribution is -2.40. The molecule has 22 heavy (non-hydrogen) atoms. The highest BCUT2D eigenvalue weighted by Crippen LogP contribution is 2.25. The average Bonchev–Trinajstić information content (AvgIpc) is 2.52. The number of hydrogen-bond donors (Lipinski definition) is 2. The Hall–Kier alpha value is -1.53. The van der Waals surface area contributed by atoms with Crippen molar-refractivity contribution in [2.24, 2.45) is 5.92 Å². The van der Waals surface area contributed by atoms with E-state index in [1.54, 1.807) is 14.2 Å². The van der Waals surface area contributed by atoms with Gasteiger partial charge in [0.1, 0.15) is 11.5 Å². The summed E-state index contributed by atoms with van der Waals surface area (Å²) < 4.78 is 10.5. The average molecular weight is 323 g/mol. The summed E-state index contributed by atoms with van der Waals surface area (Å²) in [6.07, 6.45) is 2.52.